The number of carbonyl (C=O) groups is 1. The Morgan fingerprint density at radius 2 is 1.92 bits per heavy atom. The van der Waals surface area contributed by atoms with Gasteiger partial charge in [-0.3, -0.25) is 4.79 Å². The number of aliphatic hydroxyl groups excluding tert-OH is 1. The molecule has 1 aromatic carbocycles. The van der Waals surface area contributed by atoms with Gasteiger partial charge in [-0.1, -0.05) is 13.8 Å². The van der Waals surface area contributed by atoms with Crippen molar-refractivity contribution in [2.75, 3.05) is 13.6 Å². The summed E-state index contributed by atoms with van der Waals surface area (Å²) in [6.07, 6.45) is 1.12. The molecule has 2 atom stereocenters. The molecular weight excluding hydrogens is 475 g/mol. The van der Waals surface area contributed by atoms with Crippen LogP contribution in [0.1, 0.15) is 66.7 Å². The van der Waals surface area contributed by atoms with Crippen molar-refractivity contribution in [1.29, 1.82) is 0 Å². The highest BCUT2D eigenvalue weighted by molar-refractivity contribution is 5.92. The Morgan fingerprint density at radius 3 is 2.57 bits per heavy atom. The molecule has 3 aliphatic rings. The summed E-state index contributed by atoms with van der Waals surface area (Å²) in [5, 5.41) is 14.2. The van der Waals surface area contributed by atoms with Crippen LogP contribution >= 0.6 is 0 Å². The number of esters is 1. The molecule has 0 amide bonds. The molecule has 4 N–H and O–H groups in total. The number of nitrogens with zero attached hydrogens (tertiary/aromatic N) is 2. The van der Waals surface area contributed by atoms with E-state index in [0.717, 1.165) is 47.9 Å². The second kappa shape index (κ2) is 10.7. The molecule has 3 aromatic rings. The standard InChI is InChI=1S/C22H17FN2O4.C4H12N2.C2H6/c1-9-10-3-2-4-11-13-7-25-17(19(13)24-16(18(10)11)6-15(9)23)5-12-14(21(25)27)8-29-22(28)20(12)26;1-4(3-5)6-2;1-2/h5-6,20,26H,2-4,7-8H2,1H3;4,6H,3,5H2,1-2H3;1-2H3. The first-order chi connectivity index (χ1) is 17.8. The quantitative estimate of drug-likeness (QED) is 0.355. The largest absolute Gasteiger partial charge is 0.458 e. The van der Waals surface area contributed by atoms with Gasteiger partial charge < -0.3 is 25.5 Å². The molecule has 2 aliphatic heterocycles. The van der Waals surface area contributed by atoms with Crippen LogP contribution in [0.3, 0.4) is 0 Å². The highest BCUT2D eigenvalue weighted by atomic mass is 19.1. The number of fused-ring (bicyclic) bond motifs is 5. The van der Waals surface area contributed by atoms with Crippen LogP contribution in [0.2, 0.25) is 0 Å². The number of benzene rings is 1. The van der Waals surface area contributed by atoms with Crippen molar-refractivity contribution in [2.24, 2.45) is 5.73 Å². The van der Waals surface area contributed by atoms with Gasteiger partial charge in [0.2, 0.25) is 0 Å². The number of cyclic esters (lactones) is 1. The first-order valence-corrected chi connectivity index (χ1v) is 12.9. The highest BCUT2D eigenvalue weighted by Gasteiger charge is 2.35. The summed E-state index contributed by atoms with van der Waals surface area (Å²) in [6.45, 7) is 8.81. The van der Waals surface area contributed by atoms with E-state index in [9.17, 15) is 19.1 Å². The van der Waals surface area contributed by atoms with Gasteiger partial charge in [-0.25, -0.2) is 14.2 Å². The number of hydrogen-bond donors (Lipinski definition) is 3. The van der Waals surface area contributed by atoms with E-state index < -0.39 is 12.1 Å². The molecule has 0 fully saturated rings. The maximum absolute atomic E-state index is 14.5. The lowest BCUT2D eigenvalue weighted by Gasteiger charge is -2.22. The van der Waals surface area contributed by atoms with Gasteiger partial charge in [-0.05, 0) is 62.9 Å². The van der Waals surface area contributed by atoms with Crippen LogP contribution in [0.25, 0.3) is 22.3 Å². The molecule has 0 saturated carbocycles. The number of rotatable bonds is 2. The first kappa shape index (κ1) is 26.9. The van der Waals surface area contributed by atoms with E-state index in [-0.39, 0.29) is 23.5 Å². The average molecular weight is 511 g/mol. The smallest absolute Gasteiger partial charge is 0.340 e. The summed E-state index contributed by atoms with van der Waals surface area (Å²) >= 11 is 0. The second-order valence-corrected chi connectivity index (χ2v) is 9.42. The Labute approximate surface area is 215 Å². The normalized spacial score (nSPS) is 17.4. The number of halogens is 1. The number of nitrogens with one attached hydrogen (secondary N) is 1. The van der Waals surface area contributed by atoms with Gasteiger partial charge in [0.25, 0.3) is 5.56 Å². The van der Waals surface area contributed by atoms with Crippen molar-refractivity contribution in [3.63, 3.8) is 0 Å². The molecule has 0 radical (unpaired) electrons. The summed E-state index contributed by atoms with van der Waals surface area (Å²) in [5.74, 6) is -1.03. The predicted octanol–water partition coefficient (Wildman–Crippen LogP) is 3.03. The lowest BCUT2D eigenvalue weighted by Crippen LogP contribution is -2.32. The van der Waals surface area contributed by atoms with E-state index in [1.54, 1.807) is 17.6 Å². The molecule has 1 aliphatic carbocycles. The molecule has 198 valence electrons. The van der Waals surface area contributed by atoms with Crippen molar-refractivity contribution >= 4 is 16.9 Å². The van der Waals surface area contributed by atoms with Crippen molar-refractivity contribution in [3.8, 4) is 11.4 Å². The Bertz CT molecular complexity index is 1430. The molecule has 2 unspecified atom stereocenters. The molecule has 0 bridgehead atoms. The van der Waals surface area contributed by atoms with E-state index in [2.05, 4.69) is 5.32 Å². The van der Waals surface area contributed by atoms with Crippen LogP contribution in [-0.4, -0.2) is 40.3 Å². The summed E-state index contributed by atoms with van der Waals surface area (Å²) in [4.78, 5) is 29.6. The fraction of sp³-hybridized carbons (Fsp3) is 0.464. The Balaban J connectivity index is 0.000000355. The van der Waals surface area contributed by atoms with E-state index in [1.807, 2.05) is 27.8 Å². The van der Waals surface area contributed by atoms with Crippen LogP contribution in [0.4, 0.5) is 4.39 Å². The number of ether oxygens (including phenoxy) is 1. The Hall–Kier alpha value is -3.14. The number of aromatic nitrogens is 2. The van der Waals surface area contributed by atoms with E-state index in [0.29, 0.717) is 40.6 Å². The fourth-order valence-electron chi connectivity index (χ4n) is 5.18. The zero-order chi connectivity index (χ0) is 27.0. The minimum Gasteiger partial charge on any atom is -0.458 e. The zero-order valence-electron chi connectivity index (χ0n) is 22.1. The van der Waals surface area contributed by atoms with Crippen LogP contribution in [0, 0.1) is 12.7 Å². The molecule has 2 aromatic heterocycles. The lowest BCUT2D eigenvalue weighted by atomic mass is 9.85. The van der Waals surface area contributed by atoms with Gasteiger partial charge in [0, 0.05) is 35.2 Å². The van der Waals surface area contributed by atoms with Crippen LogP contribution < -0.4 is 16.6 Å². The van der Waals surface area contributed by atoms with Crippen LogP contribution in [0.15, 0.2) is 16.9 Å². The molecule has 37 heavy (non-hydrogen) atoms. The number of aryl methyl sites for hydroxylation is 2. The molecular formula is C28H35FN4O4. The number of carbonyl (C=O) groups excluding carboxylic acids is 1. The SMILES string of the molecule is CC.CNC(C)CN.Cc1c(F)cc2nc3c(c4c2c1CCC4)Cn1c-3cc2c(c1=O)COC(=O)C2O. The molecule has 6 rings (SSSR count). The molecule has 8 nitrogen and oxygen atoms in total. The van der Waals surface area contributed by atoms with Gasteiger partial charge in [0.15, 0.2) is 6.10 Å². The minimum atomic E-state index is -1.48. The molecule has 0 saturated heterocycles. The average Bonchev–Trinajstić information content (AvgIpc) is 3.29. The number of nitrogens with two attached hydrogens (primary N) is 1. The number of pyridine rings is 2. The summed E-state index contributed by atoms with van der Waals surface area (Å²) in [6, 6.07) is 3.59. The van der Waals surface area contributed by atoms with Crippen molar-refractivity contribution in [1.82, 2.24) is 14.9 Å². The number of hydrogen-bond acceptors (Lipinski definition) is 7. The van der Waals surface area contributed by atoms with Crippen molar-refractivity contribution in [2.45, 2.75) is 72.3 Å². The first-order valence-electron chi connectivity index (χ1n) is 12.9. The third-order valence-electron chi connectivity index (χ3n) is 7.39. The van der Waals surface area contributed by atoms with Gasteiger partial charge in [-0.15, -0.1) is 0 Å². The lowest BCUT2D eigenvalue weighted by molar-refractivity contribution is -0.157. The van der Waals surface area contributed by atoms with Crippen molar-refractivity contribution < 1.29 is 19.0 Å². The third-order valence-corrected chi connectivity index (χ3v) is 7.39. The fourth-order valence-corrected chi connectivity index (χ4v) is 5.18. The maximum atomic E-state index is 14.5. The molecule has 0 spiro atoms. The topological polar surface area (TPSA) is 119 Å². The highest BCUT2D eigenvalue weighted by Crippen LogP contribution is 2.41. The van der Waals surface area contributed by atoms with E-state index >= 15 is 0 Å². The molecule has 4 heterocycles. The van der Waals surface area contributed by atoms with Crippen molar-refractivity contribution in [3.05, 3.63) is 61.7 Å². The summed E-state index contributed by atoms with van der Waals surface area (Å²) < 4.78 is 21.1. The number of aliphatic hydroxyl groups is 1. The van der Waals surface area contributed by atoms with Gasteiger partial charge in [0.05, 0.1) is 29.0 Å². The summed E-state index contributed by atoms with van der Waals surface area (Å²) in [7, 11) is 1.90. The maximum Gasteiger partial charge on any atom is 0.340 e. The zero-order valence-corrected chi connectivity index (χ0v) is 22.1. The third kappa shape index (κ3) is 4.45. The van der Waals surface area contributed by atoms with Gasteiger partial charge in [0.1, 0.15) is 12.4 Å². The Kier molecular flexibility index (Phi) is 7.77. The molecule has 9 heteroatoms. The Morgan fingerprint density at radius 1 is 1.22 bits per heavy atom. The summed E-state index contributed by atoms with van der Waals surface area (Å²) in [5.41, 5.74) is 11.1. The van der Waals surface area contributed by atoms with E-state index in [1.165, 1.54) is 6.07 Å². The number of likely N-dealkylation sites (N-methyl/N-ethyl adjacent to an activating group) is 1. The van der Waals surface area contributed by atoms with Gasteiger partial charge >= 0.3 is 5.97 Å². The monoisotopic (exact) mass is 510 g/mol. The predicted molar refractivity (Wildman–Crippen MR) is 141 cm³/mol. The van der Waals surface area contributed by atoms with Crippen LogP contribution in [-0.2, 0) is 35.5 Å². The van der Waals surface area contributed by atoms with Gasteiger partial charge in [-0.2, -0.15) is 0 Å². The van der Waals surface area contributed by atoms with Crippen LogP contribution in [0.5, 0.6) is 0 Å². The second-order valence-electron chi connectivity index (χ2n) is 9.42. The minimum absolute atomic E-state index is 0.141. The van der Waals surface area contributed by atoms with E-state index in [4.69, 9.17) is 15.5 Å².